The number of primary amides is 1. The molecule has 2 unspecified atom stereocenters. The summed E-state index contributed by atoms with van der Waals surface area (Å²) >= 11 is 18.7. The smallest absolute Gasteiger partial charge is 0.304 e. The third kappa shape index (κ3) is 4.82. The maximum absolute atomic E-state index is 13.5. The van der Waals surface area contributed by atoms with Crippen LogP contribution in [0.4, 0.5) is 5.69 Å². The van der Waals surface area contributed by atoms with E-state index in [4.69, 9.17) is 40.5 Å². The summed E-state index contributed by atoms with van der Waals surface area (Å²) in [6, 6.07) is 2.90. The molecule has 198 valence electrons. The van der Waals surface area contributed by atoms with E-state index in [1.165, 1.54) is 20.7 Å². The second-order valence-corrected chi connectivity index (χ2v) is 14.5. The summed E-state index contributed by atoms with van der Waals surface area (Å²) in [7, 11) is -4.05. The highest BCUT2D eigenvalue weighted by Crippen LogP contribution is 2.61. The second-order valence-electron chi connectivity index (χ2n) is 11.4. The molecular formula is C24H31Cl3N4O4S. The van der Waals surface area contributed by atoms with Crippen molar-refractivity contribution < 1.29 is 18.0 Å². The molecule has 1 aliphatic heterocycles. The molecule has 36 heavy (non-hydrogen) atoms. The molecule has 0 aromatic heterocycles. The van der Waals surface area contributed by atoms with Gasteiger partial charge in [-0.15, -0.1) is 0 Å². The molecule has 1 saturated heterocycles. The van der Waals surface area contributed by atoms with E-state index < -0.39 is 10.2 Å². The summed E-state index contributed by atoms with van der Waals surface area (Å²) in [4.78, 5) is 24.9. The van der Waals surface area contributed by atoms with Gasteiger partial charge in [0.2, 0.25) is 11.8 Å². The lowest BCUT2D eigenvalue weighted by atomic mass is 9.47. The number of benzene rings is 1. The molecule has 3 atom stereocenters. The highest BCUT2D eigenvalue weighted by Gasteiger charge is 2.56. The number of nitrogens with two attached hydrogens (primary N) is 1. The Kier molecular flexibility index (Phi) is 6.94. The lowest BCUT2D eigenvalue weighted by Crippen LogP contribution is -2.61. The largest absolute Gasteiger partial charge is 0.370 e. The molecule has 4 saturated carbocycles. The van der Waals surface area contributed by atoms with Crippen molar-refractivity contribution in [3.05, 3.63) is 27.2 Å². The fourth-order valence-corrected chi connectivity index (χ4v) is 10.5. The number of amides is 2. The molecule has 12 heteroatoms. The molecule has 6 rings (SSSR count). The van der Waals surface area contributed by atoms with E-state index in [1.807, 2.05) is 6.92 Å². The number of hydrogen-bond acceptors (Lipinski definition) is 4. The zero-order valence-corrected chi connectivity index (χ0v) is 23.1. The molecule has 4 bridgehead atoms. The number of rotatable bonds is 6. The number of carbonyl (C=O) groups excluding carboxylic acids is 2. The molecule has 0 radical (unpaired) electrons. The van der Waals surface area contributed by atoms with E-state index in [0.717, 1.165) is 32.1 Å². The maximum atomic E-state index is 13.5. The first-order valence-electron chi connectivity index (χ1n) is 12.4. The van der Waals surface area contributed by atoms with Crippen molar-refractivity contribution in [1.29, 1.82) is 0 Å². The van der Waals surface area contributed by atoms with Crippen molar-refractivity contribution in [2.75, 3.05) is 23.9 Å². The second kappa shape index (κ2) is 9.49. The minimum absolute atomic E-state index is 0.00349. The molecule has 1 aromatic carbocycles. The van der Waals surface area contributed by atoms with Crippen LogP contribution >= 0.6 is 34.8 Å². The normalized spacial score (nSPS) is 35.1. The molecule has 0 spiro atoms. The van der Waals surface area contributed by atoms with Crippen LogP contribution in [0.15, 0.2) is 12.1 Å². The molecule has 5 aliphatic rings. The average molecular weight is 578 g/mol. The van der Waals surface area contributed by atoms with Gasteiger partial charge in [0.25, 0.3) is 0 Å². The SMILES string of the molecule is C[C@H]1CN(CC(=O)NC2C3CC4CC2CC(CC(N)=O)(C4)C3)S(=O)(=O)N(c2c(Cl)cc(Cl)cc2Cl)C1. The number of nitrogens with one attached hydrogen (secondary N) is 1. The van der Waals surface area contributed by atoms with Crippen LogP contribution < -0.4 is 15.4 Å². The van der Waals surface area contributed by atoms with E-state index in [1.54, 1.807) is 0 Å². The Morgan fingerprint density at radius 2 is 1.69 bits per heavy atom. The average Bonchev–Trinajstić information content (AvgIpc) is 2.72. The van der Waals surface area contributed by atoms with Crippen LogP contribution in [0.25, 0.3) is 0 Å². The van der Waals surface area contributed by atoms with Crippen molar-refractivity contribution in [3.63, 3.8) is 0 Å². The van der Waals surface area contributed by atoms with Gasteiger partial charge in [-0.25, -0.2) is 0 Å². The third-order valence-electron chi connectivity index (χ3n) is 8.43. The van der Waals surface area contributed by atoms with Gasteiger partial charge >= 0.3 is 10.2 Å². The Balaban J connectivity index is 1.31. The quantitative estimate of drug-likeness (QED) is 0.535. The summed E-state index contributed by atoms with van der Waals surface area (Å²) in [6.07, 6.45) is 5.28. The van der Waals surface area contributed by atoms with Crippen LogP contribution in [0, 0.1) is 29.1 Å². The minimum Gasteiger partial charge on any atom is -0.370 e. The fourth-order valence-electron chi connectivity index (χ4n) is 7.55. The van der Waals surface area contributed by atoms with Crippen LogP contribution in [-0.4, -0.2) is 50.2 Å². The van der Waals surface area contributed by atoms with Crippen molar-refractivity contribution >= 4 is 62.5 Å². The van der Waals surface area contributed by atoms with E-state index in [2.05, 4.69) is 5.32 Å². The third-order valence-corrected chi connectivity index (χ3v) is 11.0. The Hall–Kier alpha value is -1.26. The number of nitrogens with zero attached hydrogens (tertiary/aromatic N) is 2. The Labute approximate surface area is 227 Å². The van der Waals surface area contributed by atoms with Crippen LogP contribution in [-0.2, 0) is 19.8 Å². The van der Waals surface area contributed by atoms with Crippen molar-refractivity contribution in [3.8, 4) is 0 Å². The van der Waals surface area contributed by atoms with E-state index >= 15 is 0 Å². The Morgan fingerprint density at radius 3 is 2.28 bits per heavy atom. The molecule has 8 nitrogen and oxygen atoms in total. The standard InChI is InChI=1S/C24H31Cl3N4O4S/c1-13-10-30(36(34,35)31(11-13)23-18(26)4-17(25)5-19(23)27)12-21(33)29-22-15-2-14-3-16(22)8-24(6-14,7-15)9-20(28)32/h4-5,13-16,22H,2-3,6-12H2,1H3,(H2,28,32)(H,29,33)/t13-,14?,15?,16?,22?,24?/m0/s1. The van der Waals surface area contributed by atoms with Gasteiger partial charge in [-0.3, -0.25) is 13.9 Å². The first-order valence-corrected chi connectivity index (χ1v) is 14.9. The molecule has 3 N–H and O–H groups in total. The van der Waals surface area contributed by atoms with E-state index in [9.17, 15) is 18.0 Å². The lowest BCUT2D eigenvalue weighted by Gasteiger charge is -2.60. The molecule has 1 heterocycles. The van der Waals surface area contributed by atoms with Gasteiger partial charge in [-0.05, 0) is 73.3 Å². The van der Waals surface area contributed by atoms with Gasteiger partial charge in [0.1, 0.15) is 0 Å². The van der Waals surface area contributed by atoms with Crippen LogP contribution in [0.5, 0.6) is 0 Å². The summed E-state index contributed by atoms with van der Waals surface area (Å²) in [6.45, 7) is 2.05. The maximum Gasteiger partial charge on any atom is 0.304 e. The van der Waals surface area contributed by atoms with E-state index in [0.29, 0.717) is 29.2 Å². The Morgan fingerprint density at radius 1 is 1.08 bits per heavy atom. The zero-order valence-electron chi connectivity index (χ0n) is 20.1. The van der Waals surface area contributed by atoms with Crippen molar-refractivity contribution in [1.82, 2.24) is 9.62 Å². The lowest BCUT2D eigenvalue weighted by molar-refractivity contribution is -0.134. The number of hydrogen-bond donors (Lipinski definition) is 2. The molecule has 5 fully saturated rings. The topological polar surface area (TPSA) is 113 Å². The monoisotopic (exact) mass is 576 g/mol. The van der Waals surface area contributed by atoms with Crippen LogP contribution in [0.3, 0.4) is 0 Å². The van der Waals surface area contributed by atoms with Crippen molar-refractivity contribution in [2.24, 2.45) is 34.8 Å². The van der Waals surface area contributed by atoms with Gasteiger partial charge in [-0.1, -0.05) is 41.7 Å². The highest BCUT2D eigenvalue weighted by atomic mass is 35.5. The highest BCUT2D eigenvalue weighted by molar-refractivity contribution is 7.90. The van der Waals surface area contributed by atoms with Crippen LogP contribution in [0.2, 0.25) is 15.1 Å². The first kappa shape index (κ1) is 26.4. The van der Waals surface area contributed by atoms with E-state index in [-0.39, 0.29) is 64.6 Å². The summed E-state index contributed by atoms with van der Waals surface area (Å²) in [5, 5.41) is 3.74. The number of carbonyl (C=O) groups is 2. The number of halogens is 3. The molecule has 4 aliphatic carbocycles. The van der Waals surface area contributed by atoms with Gasteiger partial charge in [0.15, 0.2) is 0 Å². The number of anilines is 1. The van der Waals surface area contributed by atoms with Gasteiger partial charge in [0, 0.05) is 30.6 Å². The minimum atomic E-state index is -4.05. The van der Waals surface area contributed by atoms with Gasteiger partial charge in [0.05, 0.1) is 22.3 Å². The summed E-state index contributed by atoms with van der Waals surface area (Å²) in [5.74, 6) is 0.522. The Bertz CT molecular complexity index is 1160. The summed E-state index contributed by atoms with van der Waals surface area (Å²) < 4.78 is 29.5. The predicted octanol–water partition coefficient (Wildman–Crippen LogP) is 3.84. The van der Waals surface area contributed by atoms with Gasteiger partial charge < -0.3 is 11.1 Å². The summed E-state index contributed by atoms with van der Waals surface area (Å²) in [5.41, 5.74) is 5.68. The molecular weight excluding hydrogens is 547 g/mol. The predicted molar refractivity (Wildman–Crippen MR) is 140 cm³/mol. The van der Waals surface area contributed by atoms with Gasteiger partial charge in [-0.2, -0.15) is 12.7 Å². The molecule has 2 amide bonds. The first-order chi connectivity index (χ1) is 16.9. The fraction of sp³-hybridized carbons (Fsp3) is 0.667. The molecule has 1 aromatic rings. The van der Waals surface area contributed by atoms with Crippen LogP contribution in [0.1, 0.15) is 45.4 Å². The zero-order chi connectivity index (χ0) is 26.0. The van der Waals surface area contributed by atoms with Crippen molar-refractivity contribution in [2.45, 2.75) is 51.5 Å².